The Balaban J connectivity index is 1.36. The van der Waals surface area contributed by atoms with Gasteiger partial charge < -0.3 is 14.7 Å². The van der Waals surface area contributed by atoms with E-state index in [0.717, 1.165) is 30.1 Å². The summed E-state index contributed by atoms with van der Waals surface area (Å²) in [7, 11) is 1.57. The van der Waals surface area contributed by atoms with Crippen molar-refractivity contribution in [3.05, 3.63) is 65.9 Å². The molecule has 3 aromatic rings. The number of carboxylic acids is 1. The van der Waals surface area contributed by atoms with Crippen molar-refractivity contribution in [3.8, 4) is 5.75 Å². The number of aromatic nitrogens is 1. The van der Waals surface area contributed by atoms with Crippen molar-refractivity contribution >= 4 is 28.6 Å². The van der Waals surface area contributed by atoms with E-state index in [-0.39, 0.29) is 23.2 Å². The van der Waals surface area contributed by atoms with Gasteiger partial charge in [0.05, 0.1) is 17.5 Å². The van der Waals surface area contributed by atoms with Gasteiger partial charge in [0.1, 0.15) is 23.6 Å². The van der Waals surface area contributed by atoms with Crippen LogP contribution in [-0.4, -0.2) is 53.5 Å². The third kappa shape index (κ3) is 7.20. The normalized spacial score (nSPS) is 18.9. The monoisotopic (exact) mass is 546 g/mol. The number of fused-ring (bicyclic) bond motifs is 1. The van der Waals surface area contributed by atoms with E-state index in [1.165, 1.54) is 18.2 Å². The number of hydrogen-bond donors (Lipinski definition) is 1. The molecule has 1 aliphatic heterocycles. The molecule has 1 aromatic heterocycles. The molecular formula is C29H33F3N2O3S. The zero-order valence-electron chi connectivity index (χ0n) is 21.4. The second-order valence-electron chi connectivity index (χ2n) is 9.77. The van der Waals surface area contributed by atoms with E-state index in [9.17, 15) is 18.7 Å². The Morgan fingerprint density at radius 2 is 1.97 bits per heavy atom. The number of ether oxygens (including phenoxy) is 1. The maximum Gasteiger partial charge on any atom is 0.303 e. The SMILES string of the molecule is COc1ccc2nccc(C(F)CC[C@@H]3CCN(CCSc4c(F)cccc4F)C[C@@H]3CCC(=O)O)c2c1. The van der Waals surface area contributed by atoms with Gasteiger partial charge in [0.2, 0.25) is 0 Å². The van der Waals surface area contributed by atoms with Gasteiger partial charge in [0.15, 0.2) is 0 Å². The van der Waals surface area contributed by atoms with Crippen molar-refractivity contribution in [2.24, 2.45) is 11.8 Å². The molecule has 0 saturated carbocycles. The van der Waals surface area contributed by atoms with Gasteiger partial charge >= 0.3 is 5.97 Å². The number of carbonyl (C=O) groups is 1. The van der Waals surface area contributed by atoms with Crippen LogP contribution in [0.3, 0.4) is 0 Å². The fraction of sp³-hybridized carbons (Fsp3) is 0.448. The minimum atomic E-state index is -1.17. The highest BCUT2D eigenvalue weighted by Crippen LogP contribution is 2.37. The molecule has 1 fully saturated rings. The molecule has 1 unspecified atom stereocenters. The number of likely N-dealkylation sites (tertiary alicyclic amines) is 1. The van der Waals surface area contributed by atoms with E-state index in [0.29, 0.717) is 54.9 Å². The number of alkyl halides is 1. The van der Waals surface area contributed by atoms with E-state index in [1.807, 2.05) is 12.1 Å². The minimum absolute atomic E-state index is 0.0278. The van der Waals surface area contributed by atoms with Gasteiger partial charge in [-0.2, -0.15) is 0 Å². The summed E-state index contributed by atoms with van der Waals surface area (Å²) in [4.78, 5) is 17.9. The predicted molar refractivity (Wildman–Crippen MR) is 143 cm³/mol. The van der Waals surface area contributed by atoms with Crippen molar-refractivity contribution in [3.63, 3.8) is 0 Å². The number of rotatable bonds is 12. The first kappa shape index (κ1) is 28.2. The molecule has 5 nitrogen and oxygen atoms in total. The minimum Gasteiger partial charge on any atom is -0.497 e. The quantitative estimate of drug-likeness (QED) is 0.249. The highest BCUT2D eigenvalue weighted by atomic mass is 32.2. The van der Waals surface area contributed by atoms with Crippen molar-refractivity contribution in [1.29, 1.82) is 0 Å². The Bertz CT molecular complexity index is 1220. The largest absolute Gasteiger partial charge is 0.497 e. The summed E-state index contributed by atoms with van der Waals surface area (Å²) in [5, 5.41) is 10.00. The molecule has 0 spiro atoms. The van der Waals surface area contributed by atoms with Gasteiger partial charge in [-0.1, -0.05) is 6.07 Å². The van der Waals surface area contributed by atoms with Crippen molar-refractivity contribution in [2.75, 3.05) is 32.5 Å². The van der Waals surface area contributed by atoms with E-state index in [2.05, 4.69) is 9.88 Å². The lowest BCUT2D eigenvalue weighted by molar-refractivity contribution is -0.137. The van der Waals surface area contributed by atoms with Crippen LogP contribution in [0.25, 0.3) is 10.9 Å². The Hall–Kier alpha value is -2.78. The standard InChI is InChI=1S/C29H33F3N2O3S/c1-37-21-7-9-27-23(17-21)22(11-13-33-27)24(30)8-5-19-12-14-34(18-20(19)6-10-28(35)36)15-16-38-29-25(31)3-2-4-26(29)32/h2-4,7,9,11,13,17,19-20,24H,5-6,8,10,12,14-16,18H2,1H3,(H,35,36)/t19-,20+,24?/m1/s1. The fourth-order valence-electron chi connectivity index (χ4n) is 5.33. The second-order valence-corrected chi connectivity index (χ2v) is 10.9. The molecule has 9 heteroatoms. The van der Waals surface area contributed by atoms with E-state index in [1.54, 1.807) is 25.4 Å². The number of halogens is 3. The Morgan fingerprint density at radius 3 is 2.71 bits per heavy atom. The number of piperidine rings is 1. The number of methoxy groups -OCH3 is 1. The van der Waals surface area contributed by atoms with Crippen LogP contribution in [0.2, 0.25) is 0 Å². The Labute approximate surface area is 225 Å². The fourth-order valence-corrected chi connectivity index (χ4v) is 6.30. The average molecular weight is 547 g/mol. The van der Waals surface area contributed by atoms with Gasteiger partial charge in [-0.25, -0.2) is 13.2 Å². The Kier molecular flexibility index (Phi) is 9.91. The third-order valence-corrected chi connectivity index (χ3v) is 8.45. The summed E-state index contributed by atoms with van der Waals surface area (Å²) < 4.78 is 48.7. The molecule has 4 rings (SSSR count). The lowest BCUT2D eigenvalue weighted by Crippen LogP contribution is -2.41. The summed E-state index contributed by atoms with van der Waals surface area (Å²) in [6, 6.07) is 11.0. The van der Waals surface area contributed by atoms with E-state index in [4.69, 9.17) is 4.74 Å². The van der Waals surface area contributed by atoms with Gasteiger partial charge in [-0.3, -0.25) is 9.78 Å². The van der Waals surface area contributed by atoms with Crippen LogP contribution >= 0.6 is 11.8 Å². The van der Waals surface area contributed by atoms with Crippen LogP contribution in [0.15, 0.2) is 53.6 Å². The molecule has 0 radical (unpaired) electrons. The lowest BCUT2D eigenvalue weighted by atomic mass is 9.79. The Morgan fingerprint density at radius 1 is 1.18 bits per heavy atom. The summed E-state index contributed by atoms with van der Waals surface area (Å²) >= 11 is 1.15. The summed E-state index contributed by atoms with van der Waals surface area (Å²) in [5.74, 6) is -0.453. The topological polar surface area (TPSA) is 62.7 Å². The highest BCUT2D eigenvalue weighted by Gasteiger charge is 2.30. The first-order chi connectivity index (χ1) is 18.4. The zero-order chi connectivity index (χ0) is 27.1. The maximum absolute atomic E-state index is 15.5. The van der Waals surface area contributed by atoms with Gasteiger partial charge in [-0.15, -0.1) is 11.8 Å². The third-order valence-electron chi connectivity index (χ3n) is 7.39. The number of benzene rings is 2. The summed E-state index contributed by atoms with van der Waals surface area (Å²) in [6.45, 7) is 2.14. The van der Waals surface area contributed by atoms with Crippen LogP contribution in [0.4, 0.5) is 13.2 Å². The molecule has 1 saturated heterocycles. The van der Waals surface area contributed by atoms with Crippen LogP contribution in [0.1, 0.15) is 43.8 Å². The average Bonchev–Trinajstić information content (AvgIpc) is 2.92. The van der Waals surface area contributed by atoms with E-state index >= 15 is 4.39 Å². The molecule has 204 valence electrons. The van der Waals surface area contributed by atoms with Gasteiger partial charge in [0, 0.05) is 36.8 Å². The van der Waals surface area contributed by atoms with Gasteiger partial charge in [-0.05, 0) is 86.0 Å². The first-order valence-corrected chi connectivity index (χ1v) is 13.9. The molecule has 0 aliphatic carbocycles. The van der Waals surface area contributed by atoms with Crippen molar-refractivity contribution in [1.82, 2.24) is 9.88 Å². The van der Waals surface area contributed by atoms with Gasteiger partial charge in [0.25, 0.3) is 0 Å². The van der Waals surface area contributed by atoms with Crippen LogP contribution in [-0.2, 0) is 4.79 Å². The summed E-state index contributed by atoms with van der Waals surface area (Å²) in [6.07, 6.45) is 2.87. The molecule has 38 heavy (non-hydrogen) atoms. The molecule has 0 amide bonds. The van der Waals surface area contributed by atoms with Crippen LogP contribution in [0.5, 0.6) is 5.75 Å². The number of nitrogens with zero attached hydrogens (tertiary/aromatic N) is 2. The molecule has 3 atom stereocenters. The molecule has 0 bridgehead atoms. The summed E-state index contributed by atoms with van der Waals surface area (Å²) in [5.41, 5.74) is 1.30. The zero-order valence-corrected chi connectivity index (χ0v) is 22.2. The number of hydrogen-bond acceptors (Lipinski definition) is 5. The van der Waals surface area contributed by atoms with E-state index < -0.39 is 23.8 Å². The highest BCUT2D eigenvalue weighted by molar-refractivity contribution is 7.99. The number of aliphatic carboxylic acids is 1. The van der Waals surface area contributed by atoms with Crippen molar-refractivity contribution < 1.29 is 27.8 Å². The second kappa shape index (κ2) is 13.3. The van der Waals surface area contributed by atoms with Crippen LogP contribution < -0.4 is 4.74 Å². The molecule has 2 aromatic carbocycles. The number of carboxylic acid groups (broad SMARTS) is 1. The first-order valence-electron chi connectivity index (χ1n) is 12.9. The predicted octanol–water partition coefficient (Wildman–Crippen LogP) is 6.91. The van der Waals surface area contributed by atoms with Crippen molar-refractivity contribution in [2.45, 2.75) is 43.2 Å². The number of pyridine rings is 1. The number of thioether (sulfide) groups is 1. The molecule has 1 N–H and O–H groups in total. The molecule has 1 aliphatic rings. The van der Waals surface area contributed by atoms with Crippen LogP contribution in [0, 0.1) is 23.5 Å². The molecule has 2 heterocycles. The smallest absolute Gasteiger partial charge is 0.303 e. The maximum atomic E-state index is 15.5. The lowest BCUT2D eigenvalue weighted by Gasteiger charge is -2.39. The molecular weight excluding hydrogens is 513 g/mol.